The fraction of sp³-hybridized carbons (Fsp3) is 0.214. The molecular formula is C14H13BrClFN4O. The number of hydrogen-bond donors (Lipinski definition) is 1. The van der Waals surface area contributed by atoms with Crippen molar-refractivity contribution in [1.29, 1.82) is 0 Å². The van der Waals surface area contributed by atoms with Crippen LogP contribution in [0.2, 0.25) is 5.02 Å². The lowest BCUT2D eigenvalue weighted by Gasteiger charge is -2.03. The molecule has 1 aromatic carbocycles. The summed E-state index contributed by atoms with van der Waals surface area (Å²) in [6, 6.07) is 4.30. The van der Waals surface area contributed by atoms with Crippen LogP contribution in [0.25, 0.3) is 0 Å². The molecule has 0 saturated carbocycles. The molecule has 0 aliphatic rings. The van der Waals surface area contributed by atoms with Crippen molar-refractivity contribution in [3.8, 4) is 0 Å². The van der Waals surface area contributed by atoms with Crippen molar-refractivity contribution in [2.24, 2.45) is 5.10 Å². The Balaban J connectivity index is 2.01. The normalized spacial score (nSPS) is 11.1. The molecule has 1 heterocycles. The summed E-state index contributed by atoms with van der Waals surface area (Å²) in [5.74, 6) is -0.880. The van der Waals surface area contributed by atoms with Crippen LogP contribution in [-0.4, -0.2) is 21.9 Å². The highest BCUT2D eigenvalue weighted by atomic mass is 79.9. The first-order valence-electron chi connectivity index (χ1n) is 6.35. The van der Waals surface area contributed by atoms with Crippen LogP contribution in [-0.2, 0) is 11.3 Å². The lowest BCUT2D eigenvalue weighted by atomic mass is 10.2. The van der Waals surface area contributed by atoms with E-state index in [4.69, 9.17) is 11.6 Å². The van der Waals surface area contributed by atoms with E-state index in [0.717, 1.165) is 15.9 Å². The van der Waals surface area contributed by atoms with Crippen LogP contribution in [0, 0.1) is 19.7 Å². The number of halogens is 3. The predicted molar refractivity (Wildman–Crippen MR) is 86.5 cm³/mol. The highest BCUT2D eigenvalue weighted by Crippen LogP contribution is 2.19. The van der Waals surface area contributed by atoms with Gasteiger partial charge in [0.1, 0.15) is 12.4 Å². The van der Waals surface area contributed by atoms with Crippen LogP contribution < -0.4 is 5.43 Å². The van der Waals surface area contributed by atoms with Gasteiger partial charge in [0.05, 0.1) is 27.1 Å². The van der Waals surface area contributed by atoms with E-state index in [9.17, 15) is 9.18 Å². The number of carbonyl (C=O) groups is 1. The van der Waals surface area contributed by atoms with Gasteiger partial charge in [-0.2, -0.15) is 10.2 Å². The number of hydrazone groups is 1. The summed E-state index contributed by atoms with van der Waals surface area (Å²) in [5.41, 5.74) is 4.08. The molecule has 0 fully saturated rings. The molecule has 1 N–H and O–H groups in total. The molecule has 2 rings (SSSR count). The third-order valence-electron chi connectivity index (χ3n) is 2.97. The number of hydrogen-bond acceptors (Lipinski definition) is 3. The third kappa shape index (κ3) is 3.72. The first-order valence-corrected chi connectivity index (χ1v) is 7.52. The van der Waals surface area contributed by atoms with Crippen LogP contribution in [0.1, 0.15) is 17.0 Å². The molecule has 0 unspecified atom stereocenters. The second kappa shape index (κ2) is 7.02. The van der Waals surface area contributed by atoms with Gasteiger partial charge in [-0.05, 0) is 41.9 Å². The van der Waals surface area contributed by atoms with Gasteiger partial charge in [0, 0.05) is 5.56 Å². The van der Waals surface area contributed by atoms with Crippen LogP contribution >= 0.6 is 27.5 Å². The summed E-state index contributed by atoms with van der Waals surface area (Å²) in [5, 5.41) is 8.16. The summed E-state index contributed by atoms with van der Waals surface area (Å²) in [4.78, 5) is 11.8. The summed E-state index contributed by atoms with van der Waals surface area (Å²) in [6.07, 6.45) is 1.17. The molecule has 8 heteroatoms. The Labute approximate surface area is 140 Å². The van der Waals surface area contributed by atoms with E-state index < -0.39 is 5.82 Å². The molecule has 0 saturated heterocycles. The smallest absolute Gasteiger partial charge is 0.261 e. The second-order valence-electron chi connectivity index (χ2n) is 4.57. The Hall–Kier alpha value is -1.73. The number of nitrogens with zero attached hydrogens (tertiary/aromatic N) is 3. The molecule has 2 aromatic rings. The van der Waals surface area contributed by atoms with Crippen LogP contribution in [0.3, 0.4) is 0 Å². The van der Waals surface area contributed by atoms with Crippen LogP contribution in [0.4, 0.5) is 4.39 Å². The van der Waals surface area contributed by atoms with Crippen molar-refractivity contribution in [3.05, 3.63) is 50.5 Å². The maximum atomic E-state index is 13.5. The number of aryl methyl sites for hydroxylation is 1. The van der Waals surface area contributed by atoms with Gasteiger partial charge in [0.2, 0.25) is 0 Å². The van der Waals surface area contributed by atoms with Crippen LogP contribution in [0.5, 0.6) is 0 Å². The van der Waals surface area contributed by atoms with E-state index in [1.807, 2.05) is 13.8 Å². The molecule has 0 aliphatic heterocycles. The third-order valence-corrected chi connectivity index (χ3v) is 4.45. The van der Waals surface area contributed by atoms with Crippen molar-refractivity contribution >= 4 is 39.7 Å². The molecule has 0 aliphatic carbocycles. The van der Waals surface area contributed by atoms with Gasteiger partial charge >= 0.3 is 0 Å². The molecule has 116 valence electrons. The van der Waals surface area contributed by atoms with Gasteiger partial charge in [-0.15, -0.1) is 0 Å². The summed E-state index contributed by atoms with van der Waals surface area (Å²) in [7, 11) is 0. The largest absolute Gasteiger partial charge is 0.271 e. The van der Waals surface area contributed by atoms with Crippen molar-refractivity contribution in [1.82, 2.24) is 15.2 Å². The lowest BCUT2D eigenvalue weighted by Crippen LogP contribution is -2.24. The summed E-state index contributed by atoms with van der Waals surface area (Å²) >= 11 is 9.24. The monoisotopic (exact) mass is 386 g/mol. The average Bonchev–Trinajstić information content (AvgIpc) is 2.69. The molecular weight excluding hydrogens is 375 g/mol. The van der Waals surface area contributed by atoms with Crippen LogP contribution in [0.15, 0.2) is 27.8 Å². The number of amides is 1. The van der Waals surface area contributed by atoms with E-state index in [1.54, 1.807) is 10.7 Å². The quantitative estimate of drug-likeness (QED) is 0.647. The molecule has 0 bridgehead atoms. The molecule has 0 spiro atoms. The van der Waals surface area contributed by atoms with Gasteiger partial charge < -0.3 is 0 Å². The lowest BCUT2D eigenvalue weighted by molar-refractivity contribution is -0.121. The highest BCUT2D eigenvalue weighted by Gasteiger charge is 2.11. The van der Waals surface area contributed by atoms with Gasteiger partial charge in [0.25, 0.3) is 5.91 Å². The molecule has 1 amide bonds. The highest BCUT2D eigenvalue weighted by molar-refractivity contribution is 9.10. The minimum Gasteiger partial charge on any atom is -0.271 e. The van der Waals surface area contributed by atoms with E-state index in [-0.39, 0.29) is 23.0 Å². The molecule has 0 radical (unpaired) electrons. The Morgan fingerprint density at radius 2 is 2.27 bits per heavy atom. The number of carbonyl (C=O) groups excluding carboxylic acids is 1. The van der Waals surface area contributed by atoms with E-state index in [0.29, 0.717) is 0 Å². The topological polar surface area (TPSA) is 59.3 Å². The van der Waals surface area contributed by atoms with Crippen molar-refractivity contribution in [2.75, 3.05) is 0 Å². The Morgan fingerprint density at radius 3 is 2.86 bits per heavy atom. The maximum Gasteiger partial charge on any atom is 0.261 e. The van der Waals surface area contributed by atoms with Gasteiger partial charge in [-0.1, -0.05) is 17.7 Å². The Morgan fingerprint density at radius 1 is 1.55 bits per heavy atom. The Bertz CT molecular complexity index is 724. The predicted octanol–water partition coefficient (Wildman–Crippen LogP) is 3.21. The fourth-order valence-electron chi connectivity index (χ4n) is 1.80. The average molecular weight is 388 g/mol. The maximum absolute atomic E-state index is 13.5. The zero-order valence-electron chi connectivity index (χ0n) is 11.9. The van der Waals surface area contributed by atoms with Crippen molar-refractivity contribution < 1.29 is 9.18 Å². The second-order valence-corrected chi connectivity index (χ2v) is 5.77. The number of benzene rings is 1. The fourth-order valence-corrected chi connectivity index (χ4v) is 2.30. The zero-order chi connectivity index (χ0) is 16.3. The van der Waals surface area contributed by atoms with E-state index >= 15 is 0 Å². The number of aromatic nitrogens is 2. The minimum atomic E-state index is -0.507. The van der Waals surface area contributed by atoms with Gasteiger partial charge in [-0.25, -0.2) is 9.82 Å². The minimum absolute atomic E-state index is 0.0145. The van der Waals surface area contributed by atoms with Crippen molar-refractivity contribution in [2.45, 2.75) is 20.4 Å². The summed E-state index contributed by atoms with van der Waals surface area (Å²) < 4.78 is 15.9. The molecule has 5 nitrogen and oxygen atoms in total. The number of nitrogens with one attached hydrogen (secondary N) is 1. The van der Waals surface area contributed by atoms with E-state index in [1.165, 1.54) is 18.3 Å². The van der Waals surface area contributed by atoms with Crippen molar-refractivity contribution in [3.63, 3.8) is 0 Å². The van der Waals surface area contributed by atoms with E-state index in [2.05, 4.69) is 31.6 Å². The molecule has 0 atom stereocenters. The zero-order valence-corrected chi connectivity index (χ0v) is 14.2. The summed E-state index contributed by atoms with van der Waals surface area (Å²) in [6.45, 7) is 3.70. The SMILES string of the molecule is Cc1nn(CC(=O)NN=Cc2c(F)cccc2Cl)c(C)c1Br. The van der Waals surface area contributed by atoms with Gasteiger partial charge in [-0.3, -0.25) is 9.48 Å². The Kier molecular flexibility index (Phi) is 5.31. The first-order chi connectivity index (χ1) is 10.4. The van der Waals surface area contributed by atoms with Gasteiger partial charge in [0.15, 0.2) is 0 Å². The molecule has 1 aromatic heterocycles. The number of rotatable bonds is 4. The standard InChI is InChI=1S/C14H13BrClFN4O/c1-8-14(15)9(2)21(20-8)7-13(22)19-18-6-10-11(16)4-3-5-12(10)17/h3-6H,7H2,1-2H3,(H,19,22). The first kappa shape index (κ1) is 16.6. The molecule has 22 heavy (non-hydrogen) atoms.